The van der Waals surface area contributed by atoms with Gasteiger partial charge in [-0.1, -0.05) is 6.08 Å². The van der Waals surface area contributed by atoms with Crippen molar-refractivity contribution in [2.24, 2.45) is 5.73 Å². The van der Waals surface area contributed by atoms with Crippen LogP contribution < -0.4 is 5.73 Å². The van der Waals surface area contributed by atoms with Gasteiger partial charge in [0.2, 0.25) is 5.91 Å². The summed E-state index contributed by atoms with van der Waals surface area (Å²) in [5, 5.41) is 31.2. The van der Waals surface area contributed by atoms with Crippen molar-refractivity contribution >= 4 is 29.8 Å². The van der Waals surface area contributed by atoms with E-state index in [1.807, 2.05) is 19.0 Å². The minimum Gasteiger partial charge on any atom is -0.478 e. The average molecular weight is 360 g/mol. The van der Waals surface area contributed by atoms with Gasteiger partial charge in [-0.2, -0.15) is 0 Å². The molecule has 0 aromatic heterocycles. The van der Waals surface area contributed by atoms with Crippen LogP contribution in [0.3, 0.4) is 0 Å². The third-order valence-corrected chi connectivity index (χ3v) is 1.49. The molecule has 0 atom stereocenters. The predicted octanol–water partition coefficient (Wildman–Crippen LogP) is -0.987. The SMILES string of the molecule is CN(C)CC=CC(N)=O.O=C(O)/C=C\C(=O)O.O=C(O)/C=C\C(=O)O. The molecule has 0 aromatic carbocycles. The molecule has 11 heteroatoms. The highest BCUT2D eigenvalue weighted by Crippen LogP contribution is 1.75. The quantitative estimate of drug-likeness (QED) is 0.352. The van der Waals surface area contributed by atoms with E-state index in [1.54, 1.807) is 6.08 Å². The Kier molecular flexibility index (Phi) is 17.9. The Bertz CT molecular complexity index is 483. The Morgan fingerprint density at radius 1 is 0.720 bits per heavy atom. The van der Waals surface area contributed by atoms with Crippen LogP contribution in [0.4, 0.5) is 0 Å². The summed E-state index contributed by atoms with van der Waals surface area (Å²) in [7, 11) is 3.84. The Morgan fingerprint density at radius 3 is 1.16 bits per heavy atom. The number of carbonyl (C=O) groups excluding carboxylic acids is 1. The molecule has 0 saturated carbocycles. The first-order valence-corrected chi connectivity index (χ1v) is 6.27. The van der Waals surface area contributed by atoms with Gasteiger partial charge in [-0.25, -0.2) is 19.2 Å². The largest absolute Gasteiger partial charge is 0.478 e. The van der Waals surface area contributed by atoms with Crippen molar-refractivity contribution in [3.63, 3.8) is 0 Å². The monoisotopic (exact) mass is 360 g/mol. The number of rotatable bonds is 7. The zero-order valence-electron chi connectivity index (χ0n) is 13.5. The number of nitrogens with zero attached hydrogens (tertiary/aromatic N) is 1. The number of nitrogens with two attached hydrogens (primary N) is 1. The summed E-state index contributed by atoms with van der Waals surface area (Å²) < 4.78 is 0. The summed E-state index contributed by atoms with van der Waals surface area (Å²) in [6, 6.07) is 0. The minimum absolute atomic E-state index is 0.392. The van der Waals surface area contributed by atoms with Gasteiger partial charge in [-0.05, 0) is 20.2 Å². The molecule has 0 saturated heterocycles. The van der Waals surface area contributed by atoms with Gasteiger partial charge in [0.15, 0.2) is 0 Å². The topological polar surface area (TPSA) is 196 Å². The fraction of sp³-hybridized carbons (Fsp3) is 0.214. The van der Waals surface area contributed by atoms with E-state index >= 15 is 0 Å². The Morgan fingerprint density at radius 2 is 1.00 bits per heavy atom. The van der Waals surface area contributed by atoms with Crippen molar-refractivity contribution < 1.29 is 44.4 Å². The van der Waals surface area contributed by atoms with Crippen LogP contribution in [0.5, 0.6) is 0 Å². The molecular formula is C14H20N2O9. The lowest BCUT2D eigenvalue weighted by atomic mass is 10.4. The Balaban J connectivity index is -0.000000291. The maximum atomic E-state index is 10.1. The molecule has 6 N–H and O–H groups in total. The molecule has 25 heavy (non-hydrogen) atoms. The van der Waals surface area contributed by atoms with Crippen LogP contribution in [0.25, 0.3) is 0 Å². The van der Waals surface area contributed by atoms with Gasteiger partial charge in [0.05, 0.1) is 0 Å². The second kappa shape index (κ2) is 16.9. The number of hydrogen-bond acceptors (Lipinski definition) is 6. The van der Waals surface area contributed by atoms with Crippen molar-refractivity contribution in [1.82, 2.24) is 4.90 Å². The normalized spacial score (nSPS) is 10.0. The molecule has 0 radical (unpaired) electrons. The smallest absolute Gasteiger partial charge is 0.328 e. The summed E-state index contributed by atoms with van der Waals surface area (Å²) in [6.45, 7) is 0.753. The highest BCUT2D eigenvalue weighted by molar-refractivity contribution is 5.90. The second-order valence-corrected chi connectivity index (χ2v) is 4.09. The number of primary amides is 1. The van der Waals surface area contributed by atoms with Crippen LogP contribution in [0.15, 0.2) is 36.5 Å². The first-order chi connectivity index (χ1) is 11.4. The highest BCUT2D eigenvalue weighted by atomic mass is 16.4. The summed E-state index contributed by atoms with van der Waals surface area (Å²) >= 11 is 0. The van der Waals surface area contributed by atoms with Crippen molar-refractivity contribution in [1.29, 1.82) is 0 Å². The number of aliphatic carboxylic acids is 4. The van der Waals surface area contributed by atoms with Gasteiger partial charge in [0, 0.05) is 30.8 Å². The van der Waals surface area contributed by atoms with Crippen molar-refractivity contribution in [3.8, 4) is 0 Å². The molecule has 0 bridgehead atoms. The fourth-order valence-electron chi connectivity index (χ4n) is 0.665. The third kappa shape index (κ3) is 44.9. The van der Waals surface area contributed by atoms with Gasteiger partial charge in [-0.3, -0.25) is 4.79 Å². The molecule has 0 rings (SSSR count). The average Bonchev–Trinajstić information content (AvgIpc) is 2.43. The van der Waals surface area contributed by atoms with E-state index in [2.05, 4.69) is 0 Å². The van der Waals surface area contributed by atoms with Crippen LogP contribution in [-0.2, 0) is 24.0 Å². The van der Waals surface area contributed by atoms with Crippen molar-refractivity contribution in [3.05, 3.63) is 36.5 Å². The molecule has 140 valence electrons. The maximum Gasteiger partial charge on any atom is 0.328 e. The first kappa shape index (κ1) is 26.4. The number of carbonyl (C=O) groups is 5. The number of hydrogen-bond donors (Lipinski definition) is 5. The molecule has 0 aliphatic heterocycles. The van der Waals surface area contributed by atoms with Gasteiger partial charge in [0.1, 0.15) is 0 Å². The van der Waals surface area contributed by atoms with Crippen molar-refractivity contribution in [2.45, 2.75) is 0 Å². The molecule has 0 unspecified atom stereocenters. The fourth-order valence-corrected chi connectivity index (χ4v) is 0.665. The van der Waals surface area contributed by atoms with E-state index in [0.717, 1.165) is 6.54 Å². The Hall–Kier alpha value is -3.47. The van der Waals surface area contributed by atoms with Crippen LogP contribution in [0.1, 0.15) is 0 Å². The van der Waals surface area contributed by atoms with Crippen LogP contribution in [-0.4, -0.2) is 75.8 Å². The molecule has 11 nitrogen and oxygen atoms in total. The number of amides is 1. The Labute approximate surface area is 143 Å². The van der Waals surface area contributed by atoms with Gasteiger partial charge >= 0.3 is 23.9 Å². The van der Waals surface area contributed by atoms with E-state index in [-0.39, 0.29) is 0 Å². The highest BCUT2D eigenvalue weighted by Gasteiger charge is 1.88. The standard InChI is InChI=1S/C6H12N2O.2C4H4O4/c1-8(2)5-3-4-6(7)9;2*5-3(6)1-2-4(7)8/h3-4H,5H2,1-2H3,(H2,7,9);2*1-2H,(H,5,6)(H,7,8)/b;2*2-1-. The van der Waals surface area contributed by atoms with Crippen molar-refractivity contribution in [2.75, 3.05) is 20.6 Å². The van der Waals surface area contributed by atoms with Crippen LogP contribution in [0.2, 0.25) is 0 Å². The zero-order valence-corrected chi connectivity index (χ0v) is 13.5. The lowest BCUT2D eigenvalue weighted by Crippen LogP contribution is -2.12. The zero-order chi connectivity index (χ0) is 20.4. The van der Waals surface area contributed by atoms with E-state index in [4.69, 9.17) is 26.2 Å². The van der Waals surface area contributed by atoms with E-state index in [9.17, 15) is 24.0 Å². The lowest BCUT2D eigenvalue weighted by molar-refractivity contribution is -0.134. The van der Waals surface area contributed by atoms with Crippen LogP contribution in [0, 0.1) is 0 Å². The van der Waals surface area contributed by atoms with Crippen LogP contribution >= 0.6 is 0 Å². The third-order valence-electron chi connectivity index (χ3n) is 1.49. The molecule has 0 aliphatic rings. The van der Waals surface area contributed by atoms with E-state index in [1.165, 1.54) is 6.08 Å². The maximum absolute atomic E-state index is 10.1. The van der Waals surface area contributed by atoms with E-state index in [0.29, 0.717) is 24.3 Å². The number of carboxylic acids is 4. The van der Waals surface area contributed by atoms with Gasteiger partial charge < -0.3 is 31.1 Å². The van der Waals surface area contributed by atoms with Gasteiger partial charge in [0.25, 0.3) is 0 Å². The molecule has 0 heterocycles. The molecule has 0 fully saturated rings. The first-order valence-electron chi connectivity index (χ1n) is 6.27. The second-order valence-electron chi connectivity index (χ2n) is 4.09. The summed E-state index contributed by atoms with van der Waals surface area (Å²) in [6.07, 6.45) is 5.32. The summed E-state index contributed by atoms with van der Waals surface area (Å²) in [5.41, 5.74) is 4.83. The molecule has 0 aliphatic carbocycles. The van der Waals surface area contributed by atoms with Gasteiger partial charge in [-0.15, -0.1) is 0 Å². The number of carboxylic acid groups (broad SMARTS) is 4. The summed E-state index contributed by atoms with van der Waals surface area (Å²) in [4.78, 5) is 50.3. The molecule has 1 amide bonds. The molecular weight excluding hydrogens is 340 g/mol. The minimum atomic E-state index is -1.26. The summed E-state index contributed by atoms with van der Waals surface area (Å²) in [5.74, 6) is -5.42. The predicted molar refractivity (Wildman–Crippen MR) is 85.7 cm³/mol. The van der Waals surface area contributed by atoms with E-state index < -0.39 is 29.8 Å². The lowest BCUT2D eigenvalue weighted by Gasteiger charge is -2.02. The molecule has 0 spiro atoms. The molecule has 0 aromatic rings. The number of likely N-dealkylation sites (N-methyl/N-ethyl adjacent to an activating group) is 1.